The summed E-state index contributed by atoms with van der Waals surface area (Å²) in [5.74, 6) is 2.57. The Labute approximate surface area is 218 Å². The lowest BCUT2D eigenvalue weighted by Gasteiger charge is -2.35. The number of benzene rings is 1. The van der Waals surface area contributed by atoms with Crippen LogP contribution in [0, 0.1) is 13.8 Å². The van der Waals surface area contributed by atoms with E-state index in [9.17, 15) is 4.79 Å². The highest BCUT2D eigenvalue weighted by Crippen LogP contribution is 2.26. The van der Waals surface area contributed by atoms with Crippen LogP contribution in [0.3, 0.4) is 0 Å². The summed E-state index contributed by atoms with van der Waals surface area (Å²) in [7, 11) is 0. The highest BCUT2D eigenvalue weighted by Gasteiger charge is 2.21. The summed E-state index contributed by atoms with van der Waals surface area (Å²) in [6, 6.07) is 11.6. The number of pyridine rings is 1. The van der Waals surface area contributed by atoms with E-state index in [0.29, 0.717) is 32.8 Å². The maximum Gasteiger partial charge on any atom is 0.234 e. The lowest BCUT2D eigenvalue weighted by atomic mass is 10.0. The number of piperazine rings is 1. The van der Waals surface area contributed by atoms with Crippen molar-refractivity contribution in [1.82, 2.24) is 24.9 Å². The van der Waals surface area contributed by atoms with Crippen LogP contribution in [-0.2, 0) is 6.42 Å². The Kier molecular flexibility index (Phi) is 7.06. The van der Waals surface area contributed by atoms with Crippen molar-refractivity contribution in [3.05, 3.63) is 75.6 Å². The Morgan fingerprint density at radius 3 is 2.56 bits per heavy atom. The highest BCUT2D eigenvalue weighted by molar-refractivity contribution is 7.17. The highest BCUT2D eigenvalue weighted by atomic mass is 35.5. The molecule has 1 saturated heterocycles. The standard InChI is InChI=1S/C25H25ClN8OS/c1-16-6-5-7-19(26)18(16)14-20(35)21-15-28-25(36-21)32-23-29-17(2)30-24(31-23)34-12-10-33(11-13-34)22-8-3-4-9-27-22/h3-9,15H,10-14H2,1-2H3,(H,28,29,30,31,32). The molecule has 0 unspecified atom stereocenters. The number of hydrogen-bond acceptors (Lipinski definition) is 10. The third-order valence-corrected chi connectivity index (χ3v) is 7.27. The average Bonchev–Trinajstić information content (AvgIpc) is 3.35. The Balaban J connectivity index is 1.25. The van der Waals surface area contributed by atoms with Crippen LogP contribution in [-0.4, -0.2) is 56.9 Å². The monoisotopic (exact) mass is 520 g/mol. The molecule has 0 atom stereocenters. The molecule has 1 fully saturated rings. The molecular formula is C25H25ClN8OS. The van der Waals surface area contributed by atoms with Gasteiger partial charge in [0.15, 0.2) is 10.9 Å². The fourth-order valence-electron chi connectivity index (χ4n) is 4.04. The van der Waals surface area contributed by atoms with E-state index in [1.54, 1.807) is 12.3 Å². The van der Waals surface area contributed by atoms with E-state index in [1.165, 1.54) is 11.3 Å². The first-order chi connectivity index (χ1) is 17.5. The van der Waals surface area contributed by atoms with Crippen molar-refractivity contribution in [2.45, 2.75) is 20.3 Å². The molecule has 0 saturated carbocycles. The van der Waals surface area contributed by atoms with Crippen molar-refractivity contribution in [1.29, 1.82) is 0 Å². The van der Waals surface area contributed by atoms with Crippen LogP contribution in [0.1, 0.15) is 26.6 Å². The SMILES string of the molecule is Cc1nc(Nc2ncc(C(=O)Cc3c(C)cccc3Cl)s2)nc(N2CCN(c3ccccn3)CC2)n1. The molecule has 1 N–H and O–H groups in total. The third kappa shape index (κ3) is 5.44. The van der Waals surface area contributed by atoms with E-state index in [0.717, 1.165) is 43.1 Å². The van der Waals surface area contributed by atoms with Gasteiger partial charge in [0.1, 0.15) is 11.6 Å². The smallest absolute Gasteiger partial charge is 0.234 e. The summed E-state index contributed by atoms with van der Waals surface area (Å²) in [6.07, 6.45) is 3.62. The summed E-state index contributed by atoms with van der Waals surface area (Å²) in [6.45, 7) is 6.99. The summed E-state index contributed by atoms with van der Waals surface area (Å²) in [4.78, 5) is 40.2. The number of nitrogens with one attached hydrogen (secondary N) is 1. The molecule has 11 heteroatoms. The molecule has 1 aromatic carbocycles. The van der Waals surface area contributed by atoms with Crippen LogP contribution in [0.4, 0.5) is 22.8 Å². The maximum atomic E-state index is 12.9. The number of carbonyl (C=O) groups excluding carboxylic acids is 1. The lowest BCUT2D eigenvalue weighted by Crippen LogP contribution is -2.47. The molecular weight excluding hydrogens is 496 g/mol. The van der Waals surface area contributed by atoms with Gasteiger partial charge in [0.25, 0.3) is 0 Å². The van der Waals surface area contributed by atoms with Gasteiger partial charge in [0.2, 0.25) is 11.9 Å². The molecule has 5 rings (SSSR count). The number of halogens is 1. The molecule has 0 aliphatic carbocycles. The molecule has 4 heterocycles. The predicted molar refractivity (Wildman–Crippen MR) is 143 cm³/mol. The molecule has 36 heavy (non-hydrogen) atoms. The Morgan fingerprint density at radius 1 is 1.00 bits per heavy atom. The number of aromatic nitrogens is 5. The second-order valence-corrected chi connectivity index (χ2v) is 9.90. The second-order valence-electron chi connectivity index (χ2n) is 8.46. The van der Waals surface area contributed by atoms with E-state index >= 15 is 0 Å². The minimum absolute atomic E-state index is 0.0324. The summed E-state index contributed by atoms with van der Waals surface area (Å²) in [5.41, 5.74) is 1.83. The Morgan fingerprint density at radius 2 is 1.81 bits per heavy atom. The van der Waals surface area contributed by atoms with Gasteiger partial charge >= 0.3 is 0 Å². The van der Waals surface area contributed by atoms with E-state index in [2.05, 4.69) is 40.0 Å². The maximum absolute atomic E-state index is 12.9. The first kappa shape index (κ1) is 24.1. The summed E-state index contributed by atoms with van der Waals surface area (Å²) in [5, 5.41) is 4.29. The normalized spacial score (nSPS) is 13.6. The van der Waals surface area contributed by atoms with Gasteiger partial charge in [-0.1, -0.05) is 41.1 Å². The largest absolute Gasteiger partial charge is 0.353 e. The third-order valence-electron chi connectivity index (χ3n) is 5.96. The number of hydrogen-bond donors (Lipinski definition) is 1. The number of thiazole rings is 1. The molecule has 1 aliphatic rings. The molecule has 0 radical (unpaired) electrons. The predicted octanol–water partition coefficient (Wildman–Crippen LogP) is 4.49. The van der Waals surface area contributed by atoms with Gasteiger partial charge in [0, 0.05) is 43.8 Å². The van der Waals surface area contributed by atoms with E-state index in [1.807, 2.05) is 50.4 Å². The summed E-state index contributed by atoms with van der Waals surface area (Å²) >= 11 is 7.57. The Bertz CT molecular complexity index is 1350. The van der Waals surface area contributed by atoms with E-state index in [-0.39, 0.29) is 12.2 Å². The first-order valence-corrected chi connectivity index (χ1v) is 12.8. The quantitative estimate of drug-likeness (QED) is 0.353. The number of ketones is 1. The van der Waals surface area contributed by atoms with Gasteiger partial charge in [-0.3, -0.25) is 10.1 Å². The van der Waals surface area contributed by atoms with Crippen molar-refractivity contribution in [3.63, 3.8) is 0 Å². The summed E-state index contributed by atoms with van der Waals surface area (Å²) < 4.78 is 0. The molecule has 9 nitrogen and oxygen atoms in total. The second kappa shape index (κ2) is 10.5. The van der Waals surface area contributed by atoms with Gasteiger partial charge in [0.05, 0.1) is 11.1 Å². The van der Waals surface area contributed by atoms with Crippen molar-refractivity contribution in [2.24, 2.45) is 0 Å². The molecule has 4 aromatic rings. The number of rotatable bonds is 7. The van der Waals surface area contributed by atoms with Gasteiger partial charge in [-0.05, 0) is 43.2 Å². The molecule has 0 spiro atoms. The van der Waals surface area contributed by atoms with Crippen LogP contribution in [0.2, 0.25) is 5.02 Å². The lowest BCUT2D eigenvalue weighted by molar-refractivity contribution is 0.0996. The minimum atomic E-state index is -0.0324. The topological polar surface area (TPSA) is 100 Å². The zero-order valence-corrected chi connectivity index (χ0v) is 21.6. The molecule has 184 valence electrons. The van der Waals surface area contributed by atoms with E-state index < -0.39 is 0 Å². The number of aryl methyl sites for hydroxylation is 2. The number of carbonyl (C=O) groups is 1. The van der Waals surface area contributed by atoms with Crippen molar-refractivity contribution < 1.29 is 4.79 Å². The Hall–Kier alpha value is -3.63. The van der Waals surface area contributed by atoms with Crippen LogP contribution in [0.25, 0.3) is 0 Å². The minimum Gasteiger partial charge on any atom is -0.353 e. The van der Waals surface area contributed by atoms with E-state index in [4.69, 9.17) is 11.6 Å². The van der Waals surface area contributed by atoms with Crippen molar-refractivity contribution in [3.8, 4) is 0 Å². The van der Waals surface area contributed by atoms with Crippen LogP contribution in [0.5, 0.6) is 0 Å². The molecule has 0 bridgehead atoms. The van der Waals surface area contributed by atoms with Crippen molar-refractivity contribution >= 4 is 51.6 Å². The van der Waals surface area contributed by atoms with Gasteiger partial charge in [-0.2, -0.15) is 15.0 Å². The van der Waals surface area contributed by atoms with Crippen LogP contribution < -0.4 is 15.1 Å². The number of nitrogens with zero attached hydrogens (tertiary/aromatic N) is 7. The van der Waals surface area contributed by atoms with Crippen LogP contribution >= 0.6 is 22.9 Å². The fraction of sp³-hybridized carbons (Fsp3) is 0.280. The van der Waals surface area contributed by atoms with Crippen LogP contribution in [0.15, 0.2) is 48.8 Å². The zero-order chi connectivity index (χ0) is 25.1. The first-order valence-electron chi connectivity index (χ1n) is 11.6. The zero-order valence-electron chi connectivity index (χ0n) is 20.0. The fourth-order valence-corrected chi connectivity index (χ4v) is 5.07. The average molecular weight is 521 g/mol. The van der Waals surface area contributed by atoms with Crippen molar-refractivity contribution in [2.75, 3.05) is 41.3 Å². The number of Topliss-reactive ketones (excluding diaryl/α,β-unsaturated/α-hetero) is 1. The molecule has 0 amide bonds. The van der Waals surface area contributed by atoms with Gasteiger partial charge < -0.3 is 9.80 Å². The molecule has 1 aliphatic heterocycles. The number of anilines is 4. The van der Waals surface area contributed by atoms with Gasteiger partial charge in [-0.25, -0.2) is 9.97 Å². The van der Waals surface area contributed by atoms with Gasteiger partial charge in [-0.15, -0.1) is 0 Å². The molecule has 3 aromatic heterocycles.